The Morgan fingerprint density at radius 1 is 1.33 bits per heavy atom. The van der Waals surface area contributed by atoms with Gasteiger partial charge in [-0.1, -0.05) is 48.5 Å². The third-order valence-corrected chi connectivity index (χ3v) is 7.29. The normalized spacial score (nSPS) is 16.3. The number of hydrogen-bond acceptors (Lipinski definition) is 4. The maximum atomic E-state index is 5.98. The fourth-order valence-corrected chi connectivity index (χ4v) is 5.75. The first-order valence-electron chi connectivity index (χ1n) is 9.16. The molecule has 1 aromatic carbocycles. The van der Waals surface area contributed by atoms with Gasteiger partial charge >= 0.3 is 0 Å². The highest BCUT2D eigenvalue weighted by Gasteiger charge is 2.24. The van der Waals surface area contributed by atoms with Crippen LogP contribution in [0, 0.1) is 5.92 Å². The van der Waals surface area contributed by atoms with E-state index in [0.717, 1.165) is 34.1 Å². The summed E-state index contributed by atoms with van der Waals surface area (Å²) < 4.78 is 2.19. The molecule has 4 rings (SSSR count). The second-order valence-electron chi connectivity index (χ2n) is 7.02. The lowest BCUT2D eigenvalue weighted by Gasteiger charge is -2.19. The average molecular weight is 416 g/mol. The van der Waals surface area contributed by atoms with Crippen LogP contribution in [0.25, 0.3) is 11.4 Å². The molecular formula is C21H22ClN3S2. The number of allylic oxidation sites excluding steroid dienone is 1. The van der Waals surface area contributed by atoms with E-state index in [2.05, 4.69) is 45.8 Å². The van der Waals surface area contributed by atoms with Gasteiger partial charge in [-0.3, -0.25) is 4.57 Å². The molecule has 27 heavy (non-hydrogen) atoms. The number of benzene rings is 1. The summed E-state index contributed by atoms with van der Waals surface area (Å²) in [4.78, 5) is 1.52. The standard InChI is InChI=1S/C21H22ClN3S2/c1-3-10-25-20(18-13-26-19-11-14(2)4-9-17(18)19)23-24-21(25)27-12-15-5-7-16(22)8-6-15/h3,5-8,13-14H,1,4,9-12H2,2H3. The Morgan fingerprint density at radius 2 is 2.15 bits per heavy atom. The van der Waals surface area contributed by atoms with Crippen molar-refractivity contribution < 1.29 is 0 Å². The fraction of sp³-hybridized carbons (Fsp3) is 0.333. The first-order chi connectivity index (χ1) is 13.2. The summed E-state index contributed by atoms with van der Waals surface area (Å²) in [6, 6.07) is 7.97. The van der Waals surface area contributed by atoms with Crippen LogP contribution in [-0.2, 0) is 25.1 Å². The van der Waals surface area contributed by atoms with E-state index in [4.69, 9.17) is 11.6 Å². The van der Waals surface area contributed by atoms with E-state index >= 15 is 0 Å². The summed E-state index contributed by atoms with van der Waals surface area (Å²) in [5.74, 6) is 2.59. The number of halogens is 1. The summed E-state index contributed by atoms with van der Waals surface area (Å²) in [6.07, 6.45) is 5.50. The maximum absolute atomic E-state index is 5.98. The molecule has 140 valence electrons. The first kappa shape index (κ1) is 18.8. The molecule has 0 bridgehead atoms. The van der Waals surface area contributed by atoms with Gasteiger partial charge in [0.05, 0.1) is 0 Å². The Balaban J connectivity index is 1.61. The Labute approximate surface area is 173 Å². The number of rotatable bonds is 6. The van der Waals surface area contributed by atoms with Gasteiger partial charge in [0.15, 0.2) is 11.0 Å². The highest BCUT2D eigenvalue weighted by atomic mass is 35.5. The number of fused-ring (bicyclic) bond motifs is 1. The van der Waals surface area contributed by atoms with Crippen LogP contribution in [0.4, 0.5) is 0 Å². The van der Waals surface area contributed by atoms with Crippen LogP contribution in [0.15, 0.2) is 47.5 Å². The third-order valence-electron chi connectivity index (χ3n) is 4.95. The van der Waals surface area contributed by atoms with E-state index < -0.39 is 0 Å². The third kappa shape index (κ3) is 4.00. The van der Waals surface area contributed by atoms with Crippen molar-refractivity contribution in [2.75, 3.05) is 0 Å². The van der Waals surface area contributed by atoms with Crippen molar-refractivity contribution in [2.24, 2.45) is 5.92 Å². The Bertz CT molecular complexity index is 943. The maximum Gasteiger partial charge on any atom is 0.192 e. The van der Waals surface area contributed by atoms with E-state index in [1.54, 1.807) is 11.8 Å². The molecule has 2 aromatic heterocycles. The smallest absolute Gasteiger partial charge is 0.192 e. The molecule has 3 nitrogen and oxygen atoms in total. The van der Waals surface area contributed by atoms with Crippen molar-refractivity contribution in [3.05, 3.63) is 63.3 Å². The lowest BCUT2D eigenvalue weighted by atomic mass is 9.88. The first-order valence-corrected chi connectivity index (χ1v) is 11.4. The molecule has 0 radical (unpaired) electrons. The number of aromatic nitrogens is 3. The lowest BCUT2D eigenvalue weighted by molar-refractivity contribution is 0.508. The summed E-state index contributed by atoms with van der Waals surface area (Å²) in [5.41, 5.74) is 3.96. The quantitative estimate of drug-likeness (QED) is 0.351. The van der Waals surface area contributed by atoms with Crippen molar-refractivity contribution in [1.29, 1.82) is 0 Å². The lowest BCUT2D eigenvalue weighted by Crippen LogP contribution is -2.10. The van der Waals surface area contributed by atoms with E-state index in [-0.39, 0.29) is 0 Å². The Morgan fingerprint density at radius 3 is 2.93 bits per heavy atom. The molecule has 0 aliphatic heterocycles. The second kappa shape index (κ2) is 8.21. The number of thiophene rings is 1. The summed E-state index contributed by atoms with van der Waals surface area (Å²) in [6.45, 7) is 6.98. The summed E-state index contributed by atoms with van der Waals surface area (Å²) in [5, 5.41) is 13.0. The predicted molar refractivity (Wildman–Crippen MR) is 116 cm³/mol. The Kier molecular flexibility index (Phi) is 5.71. The molecule has 0 spiro atoms. The molecule has 1 aliphatic carbocycles. The van der Waals surface area contributed by atoms with Gasteiger partial charge in [0.2, 0.25) is 0 Å². The molecule has 2 heterocycles. The molecule has 0 amide bonds. The van der Waals surface area contributed by atoms with Crippen LogP contribution in [0.3, 0.4) is 0 Å². The van der Waals surface area contributed by atoms with Gasteiger partial charge < -0.3 is 0 Å². The van der Waals surface area contributed by atoms with Crippen LogP contribution >= 0.6 is 34.7 Å². The van der Waals surface area contributed by atoms with Gasteiger partial charge in [0.1, 0.15) is 0 Å². The summed E-state index contributed by atoms with van der Waals surface area (Å²) in [7, 11) is 0. The molecule has 1 unspecified atom stereocenters. The van der Waals surface area contributed by atoms with Crippen LogP contribution in [-0.4, -0.2) is 14.8 Å². The molecule has 6 heteroatoms. The summed E-state index contributed by atoms with van der Waals surface area (Å²) >= 11 is 9.55. The monoisotopic (exact) mass is 415 g/mol. The van der Waals surface area contributed by atoms with Crippen molar-refractivity contribution in [2.45, 2.75) is 43.6 Å². The minimum Gasteiger partial charge on any atom is -0.298 e. The predicted octanol–water partition coefficient (Wildman–Crippen LogP) is 6.26. The van der Waals surface area contributed by atoms with Crippen LogP contribution < -0.4 is 0 Å². The largest absolute Gasteiger partial charge is 0.298 e. The second-order valence-corrected chi connectivity index (χ2v) is 9.36. The Hall–Kier alpha value is -1.56. The van der Waals surface area contributed by atoms with Gasteiger partial charge in [0, 0.05) is 33.1 Å². The molecule has 0 saturated heterocycles. The van der Waals surface area contributed by atoms with Gasteiger partial charge in [-0.25, -0.2) is 0 Å². The van der Waals surface area contributed by atoms with Crippen molar-refractivity contribution in [3.63, 3.8) is 0 Å². The number of hydrogen-bond donors (Lipinski definition) is 0. The van der Waals surface area contributed by atoms with Crippen LogP contribution in [0.1, 0.15) is 29.3 Å². The zero-order valence-corrected chi connectivity index (χ0v) is 17.7. The van der Waals surface area contributed by atoms with Crippen molar-refractivity contribution >= 4 is 34.7 Å². The molecule has 1 aliphatic rings. The van der Waals surface area contributed by atoms with E-state index in [1.807, 2.05) is 29.5 Å². The minimum atomic E-state index is 0.715. The fourth-order valence-electron chi connectivity index (χ4n) is 3.48. The molecular weight excluding hydrogens is 394 g/mol. The van der Waals surface area contributed by atoms with Gasteiger partial charge in [-0.15, -0.1) is 28.1 Å². The van der Waals surface area contributed by atoms with E-state index in [1.165, 1.54) is 34.4 Å². The minimum absolute atomic E-state index is 0.715. The zero-order chi connectivity index (χ0) is 18.8. The molecule has 3 aromatic rings. The topological polar surface area (TPSA) is 30.7 Å². The van der Waals surface area contributed by atoms with Crippen molar-refractivity contribution in [1.82, 2.24) is 14.8 Å². The highest BCUT2D eigenvalue weighted by molar-refractivity contribution is 7.98. The molecule has 0 saturated carbocycles. The van der Waals surface area contributed by atoms with Gasteiger partial charge in [0.25, 0.3) is 0 Å². The van der Waals surface area contributed by atoms with E-state index in [0.29, 0.717) is 6.54 Å². The van der Waals surface area contributed by atoms with Crippen molar-refractivity contribution in [3.8, 4) is 11.4 Å². The van der Waals surface area contributed by atoms with Gasteiger partial charge in [-0.05, 0) is 48.4 Å². The highest BCUT2D eigenvalue weighted by Crippen LogP contribution is 2.38. The average Bonchev–Trinajstić information content (AvgIpc) is 3.25. The van der Waals surface area contributed by atoms with E-state index in [9.17, 15) is 0 Å². The molecule has 0 N–H and O–H groups in total. The van der Waals surface area contributed by atoms with Gasteiger partial charge in [-0.2, -0.15) is 0 Å². The number of thioether (sulfide) groups is 1. The molecule has 1 atom stereocenters. The SMILES string of the molecule is C=CCn1c(SCc2ccc(Cl)cc2)nnc1-c1csc2c1CCC(C)C2. The van der Waals surface area contributed by atoms with Crippen LogP contribution in [0.5, 0.6) is 0 Å². The zero-order valence-electron chi connectivity index (χ0n) is 15.3. The molecule has 0 fully saturated rings. The van der Waals surface area contributed by atoms with Crippen LogP contribution in [0.2, 0.25) is 5.02 Å². The number of nitrogens with zero attached hydrogens (tertiary/aromatic N) is 3.